The molecule has 0 spiro atoms. The number of aromatic nitrogens is 1. The minimum absolute atomic E-state index is 0. The van der Waals surface area contributed by atoms with E-state index < -0.39 is 10.0 Å². The topological polar surface area (TPSA) is 94.9 Å². The highest BCUT2D eigenvalue weighted by Gasteiger charge is 2.22. The quantitative estimate of drug-likeness (QED) is 0.535. The molecule has 0 fully saturated rings. The first-order chi connectivity index (χ1) is 13.5. The highest BCUT2D eigenvalue weighted by Crippen LogP contribution is 2.24. The van der Waals surface area contributed by atoms with E-state index in [9.17, 15) is 13.7 Å². The number of hydrogen-bond donors (Lipinski definition) is 2. The number of hydrogen-bond acceptors (Lipinski definition) is 5. The second-order valence-electron chi connectivity index (χ2n) is 6.61. The van der Waals surface area contributed by atoms with Crippen LogP contribution in [-0.4, -0.2) is 32.5 Å². The Kier molecular flexibility index (Phi) is 8.11. The summed E-state index contributed by atoms with van der Waals surface area (Å²) in [6, 6.07) is 16.6. The second-order valence-corrected chi connectivity index (χ2v) is 8.29. The van der Waals surface area contributed by atoms with Gasteiger partial charge in [0.15, 0.2) is 0 Å². The van der Waals surface area contributed by atoms with Crippen LogP contribution in [0.25, 0.3) is 10.8 Å². The van der Waals surface area contributed by atoms with E-state index in [1.54, 1.807) is 31.5 Å². The van der Waals surface area contributed by atoms with E-state index in [2.05, 4.69) is 27.2 Å². The van der Waals surface area contributed by atoms with Crippen LogP contribution in [0.5, 0.6) is 0 Å². The smallest absolute Gasteiger partial charge is 0.242 e. The Labute approximate surface area is 177 Å². The van der Waals surface area contributed by atoms with Crippen LogP contribution in [0.2, 0.25) is 0 Å². The molecule has 1 unspecified atom stereocenters. The van der Waals surface area contributed by atoms with Crippen LogP contribution in [0.4, 0.5) is 0 Å². The molecule has 1 heterocycles. The molecule has 0 bridgehead atoms. The summed E-state index contributed by atoms with van der Waals surface area (Å²) in [5, 5.41) is 14.1. The zero-order valence-electron chi connectivity index (χ0n) is 16.0. The summed E-state index contributed by atoms with van der Waals surface area (Å²) < 4.78 is 28.3. The fourth-order valence-electron chi connectivity index (χ4n) is 3.05. The van der Waals surface area contributed by atoms with Crippen molar-refractivity contribution in [3.05, 3.63) is 72.1 Å². The molecule has 0 radical (unpaired) electrons. The van der Waals surface area contributed by atoms with Crippen molar-refractivity contribution in [2.24, 2.45) is 0 Å². The molecule has 2 aromatic carbocycles. The van der Waals surface area contributed by atoms with Crippen molar-refractivity contribution in [3.8, 4) is 6.07 Å². The van der Waals surface area contributed by atoms with E-state index in [1.165, 1.54) is 11.6 Å². The molecule has 0 saturated heterocycles. The highest BCUT2D eigenvalue weighted by molar-refractivity contribution is 7.89. The molecule has 3 aromatic rings. The molecule has 152 valence electrons. The maximum Gasteiger partial charge on any atom is 0.242 e. The van der Waals surface area contributed by atoms with Gasteiger partial charge >= 0.3 is 0 Å². The number of benzene rings is 2. The van der Waals surface area contributed by atoms with Crippen LogP contribution in [0.1, 0.15) is 18.1 Å². The van der Waals surface area contributed by atoms with Crippen LogP contribution >= 0.6 is 12.4 Å². The Hall–Kier alpha value is -2.50. The lowest BCUT2D eigenvalue weighted by Gasteiger charge is -2.16. The average molecular weight is 431 g/mol. The Morgan fingerprint density at radius 1 is 1.14 bits per heavy atom. The first kappa shape index (κ1) is 22.8. The average Bonchev–Trinajstić information content (AvgIpc) is 2.70. The Bertz CT molecular complexity index is 1100. The van der Waals surface area contributed by atoms with Crippen LogP contribution in [0.15, 0.2) is 65.8 Å². The van der Waals surface area contributed by atoms with Gasteiger partial charge in [0.25, 0.3) is 0 Å². The SMILES string of the molecule is CC(CNCCc1ccccc1)NS(=O)(=O)c1ccc2cnccc2c1C#N.Cl. The third-order valence-corrected chi connectivity index (χ3v) is 6.06. The van der Waals surface area contributed by atoms with E-state index in [4.69, 9.17) is 0 Å². The van der Waals surface area contributed by atoms with E-state index in [1.807, 2.05) is 24.3 Å². The first-order valence-corrected chi connectivity index (χ1v) is 10.5. The van der Waals surface area contributed by atoms with Crippen LogP contribution in [0.3, 0.4) is 0 Å². The summed E-state index contributed by atoms with van der Waals surface area (Å²) in [5.74, 6) is 0. The molecule has 2 N–H and O–H groups in total. The third-order valence-electron chi connectivity index (χ3n) is 4.42. The molecular weight excluding hydrogens is 408 g/mol. The van der Waals surface area contributed by atoms with Crippen molar-refractivity contribution in [3.63, 3.8) is 0 Å². The Morgan fingerprint density at radius 2 is 1.90 bits per heavy atom. The van der Waals surface area contributed by atoms with E-state index in [-0.39, 0.29) is 28.9 Å². The number of nitrogens with zero attached hydrogens (tertiary/aromatic N) is 2. The molecule has 0 saturated carbocycles. The monoisotopic (exact) mass is 430 g/mol. The standard InChI is InChI=1S/C21H22N4O2S.ClH/c1-16(14-23-11-9-17-5-3-2-4-6-17)25-28(26,27)21-8-7-18-15-24-12-10-19(18)20(21)13-22;/h2-8,10,12,15-16,23,25H,9,11,14H2,1H3;1H. The number of nitriles is 1. The molecule has 0 aliphatic carbocycles. The van der Waals surface area contributed by atoms with Crippen LogP contribution in [0, 0.1) is 11.3 Å². The number of fused-ring (bicyclic) bond motifs is 1. The zero-order chi connectivity index (χ0) is 20.0. The fourth-order valence-corrected chi connectivity index (χ4v) is 4.47. The number of halogens is 1. The molecule has 1 aromatic heterocycles. The number of pyridine rings is 1. The summed E-state index contributed by atoms with van der Waals surface area (Å²) in [6.07, 6.45) is 4.03. The van der Waals surface area contributed by atoms with Crippen molar-refractivity contribution >= 4 is 33.2 Å². The molecule has 0 aliphatic rings. The van der Waals surface area contributed by atoms with Gasteiger partial charge in [-0.1, -0.05) is 36.4 Å². The van der Waals surface area contributed by atoms with Crippen molar-refractivity contribution < 1.29 is 8.42 Å². The highest BCUT2D eigenvalue weighted by atomic mass is 35.5. The summed E-state index contributed by atoms with van der Waals surface area (Å²) in [7, 11) is -3.82. The lowest BCUT2D eigenvalue weighted by molar-refractivity contribution is 0.537. The minimum Gasteiger partial charge on any atom is -0.315 e. The van der Waals surface area contributed by atoms with Crippen LogP contribution < -0.4 is 10.0 Å². The molecule has 6 nitrogen and oxygen atoms in total. The van der Waals surface area contributed by atoms with E-state index >= 15 is 0 Å². The minimum atomic E-state index is -3.82. The zero-order valence-corrected chi connectivity index (χ0v) is 17.6. The lowest BCUT2D eigenvalue weighted by atomic mass is 10.1. The third kappa shape index (κ3) is 5.75. The fraction of sp³-hybridized carbons (Fsp3) is 0.238. The molecule has 0 amide bonds. The second kappa shape index (κ2) is 10.3. The molecule has 0 aliphatic heterocycles. The van der Waals surface area contributed by atoms with Gasteiger partial charge in [-0.25, -0.2) is 13.1 Å². The molecule has 29 heavy (non-hydrogen) atoms. The van der Waals surface area contributed by atoms with Gasteiger partial charge < -0.3 is 5.32 Å². The lowest BCUT2D eigenvalue weighted by Crippen LogP contribution is -2.40. The summed E-state index contributed by atoms with van der Waals surface area (Å²) in [6.45, 7) is 3.04. The van der Waals surface area contributed by atoms with Crippen molar-refractivity contribution in [2.45, 2.75) is 24.3 Å². The van der Waals surface area contributed by atoms with Gasteiger partial charge in [-0.05, 0) is 37.6 Å². The molecule has 8 heteroatoms. The maximum atomic E-state index is 12.8. The summed E-state index contributed by atoms with van der Waals surface area (Å²) in [5.41, 5.74) is 1.36. The van der Waals surface area contributed by atoms with E-state index in [0.717, 1.165) is 18.4 Å². The van der Waals surface area contributed by atoms with Crippen molar-refractivity contribution in [1.82, 2.24) is 15.0 Å². The molecular formula is C21H23ClN4O2S. The van der Waals surface area contributed by atoms with Gasteiger partial charge in [0, 0.05) is 35.8 Å². The van der Waals surface area contributed by atoms with Crippen LogP contribution in [-0.2, 0) is 16.4 Å². The van der Waals surface area contributed by atoms with Gasteiger partial charge in [-0.2, -0.15) is 5.26 Å². The Morgan fingerprint density at radius 3 is 2.62 bits per heavy atom. The predicted molar refractivity (Wildman–Crippen MR) is 117 cm³/mol. The van der Waals surface area contributed by atoms with Crippen molar-refractivity contribution in [2.75, 3.05) is 13.1 Å². The normalized spacial score (nSPS) is 12.1. The van der Waals surface area contributed by atoms with Gasteiger partial charge in [0.05, 0.1) is 5.56 Å². The predicted octanol–water partition coefficient (Wildman–Crippen LogP) is 3.03. The van der Waals surface area contributed by atoms with Gasteiger partial charge in [-0.15, -0.1) is 12.4 Å². The molecule has 3 rings (SSSR count). The number of sulfonamides is 1. The molecule has 1 atom stereocenters. The summed E-state index contributed by atoms with van der Waals surface area (Å²) >= 11 is 0. The number of nitrogens with one attached hydrogen (secondary N) is 2. The Balaban J connectivity index is 0.00000300. The maximum absolute atomic E-state index is 12.8. The first-order valence-electron chi connectivity index (χ1n) is 9.05. The van der Waals surface area contributed by atoms with Gasteiger partial charge in [0.1, 0.15) is 11.0 Å². The van der Waals surface area contributed by atoms with Crippen molar-refractivity contribution in [1.29, 1.82) is 5.26 Å². The van der Waals surface area contributed by atoms with E-state index in [0.29, 0.717) is 11.9 Å². The number of rotatable bonds is 8. The summed E-state index contributed by atoms with van der Waals surface area (Å²) in [4.78, 5) is 4.00. The van der Waals surface area contributed by atoms with Gasteiger partial charge in [0.2, 0.25) is 10.0 Å². The van der Waals surface area contributed by atoms with Gasteiger partial charge in [-0.3, -0.25) is 4.98 Å². The largest absolute Gasteiger partial charge is 0.315 e.